The van der Waals surface area contributed by atoms with Gasteiger partial charge < -0.3 is 4.90 Å². The van der Waals surface area contributed by atoms with Crippen LogP contribution in [0.15, 0.2) is 21.4 Å². The van der Waals surface area contributed by atoms with Crippen LogP contribution in [0.4, 0.5) is 0 Å². The van der Waals surface area contributed by atoms with Crippen LogP contribution in [0.2, 0.25) is 0 Å². The molecule has 0 saturated carbocycles. The van der Waals surface area contributed by atoms with Crippen LogP contribution in [0.3, 0.4) is 0 Å². The number of carbonyl (C=O) groups excluding carboxylic acids is 1. The second kappa shape index (κ2) is 5.11. The highest BCUT2D eigenvalue weighted by atomic mass is 32.2. The van der Waals surface area contributed by atoms with Crippen molar-refractivity contribution in [1.29, 1.82) is 0 Å². The van der Waals surface area contributed by atoms with E-state index in [4.69, 9.17) is 0 Å². The fourth-order valence-electron chi connectivity index (χ4n) is 1.35. The van der Waals surface area contributed by atoms with Gasteiger partial charge in [-0.2, -0.15) is 0 Å². The number of thioether (sulfide) groups is 1. The Morgan fingerprint density at radius 1 is 1.56 bits per heavy atom. The Hall–Kier alpha value is -1.34. The number of hydrogen-bond donors (Lipinski definition) is 0. The fraction of sp³-hybridized carbons (Fsp3) is 0.364. The van der Waals surface area contributed by atoms with Crippen molar-refractivity contribution in [3.63, 3.8) is 0 Å². The second-order valence-corrected chi connectivity index (χ2v) is 5.83. The highest BCUT2D eigenvalue weighted by Gasteiger charge is 2.12. The van der Waals surface area contributed by atoms with E-state index >= 15 is 0 Å². The van der Waals surface area contributed by atoms with E-state index in [1.807, 2.05) is 11.4 Å². The van der Waals surface area contributed by atoms with Gasteiger partial charge in [0.15, 0.2) is 5.16 Å². The molecule has 0 fully saturated rings. The van der Waals surface area contributed by atoms with Gasteiger partial charge >= 0.3 is 0 Å². The highest BCUT2D eigenvalue weighted by molar-refractivity contribution is 7.99. The minimum Gasteiger partial charge on any atom is -0.348 e. The summed E-state index contributed by atoms with van der Waals surface area (Å²) < 4.78 is 2.15. The van der Waals surface area contributed by atoms with Crippen LogP contribution < -0.4 is 5.56 Å². The van der Waals surface area contributed by atoms with E-state index in [9.17, 15) is 9.59 Å². The summed E-state index contributed by atoms with van der Waals surface area (Å²) in [7, 11) is 5.09. The minimum absolute atomic E-state index is 0.000311. The first-order chi connectivity index (χ1) is 8.50. The maximum Gasteiger partial charge on any atom is 0.271 e. The molecule has 0 spiro atoms. The average Bonchev–Trinajstić information content (AvgIpc) is 2.79. The summed E-state index contributed by atoms with van der Waals surface area (Å²) in [6.45, 7) is 0. The van der Waals surface area contributed by atoms with Crippen molar-refractivity contribution in [2.24, 2.45) is 7.05 Å². The molecule has 1 amide bonds. The molecule has 0 bridgehead atoms. The van der Waals surface area contributed by atoms with Gasteiger partial charge in [0.1, 0.15) is 4.70 Å². The molecule has 0 aliphatic rings. The van der Waals surface area contributed by atoms with Crippen LogP contribution in [-0.4, -0.2) is 40.2 Å². The zero-order valence-electron chi connectivity index (χ0n) is 10.3. The predicted octanol–water partition coefficient (Wildman–Crippen LogP) is 1.18. The third kappa shape index (κ3) is 2.41. The van der Waals surface area contributed by atoms with E-state index < -0.39 is 0 Å². The van der Waals surface area contributed by atoms with Crippen LogP contribution in [0.5, 0.6) is 0 Å². The van der Waals surface area contributed by atoms with Crippen LogP contribution in [0.1, 0.15) is 0 Å². The molecule has 2 aromatic heterocycles. The Balaban J connectivity index is 2.31. The Kier molecular flexibility index (Phi) is 3.72. The number of thiophene rings is 1. The van der Waals surface area contributed by atoms with Gasteiger partial charge in [0, 0.05) is 21.1 Å². The van der Waals surface area contributed by atoms with Crippen molar-refractivity contribution in [3.05, 3.63) is 21.8 Å². The summed E-state index contributed by atoms with van der Waals surface area (Å²) in [4.78, 5) is 29.4. The Labute approximate surface area is 112 Å². The van der Waals surface area contributed by atoms with Crippen molar-refractivity contribution in [2.45, 2.75) is 5.16 Å². The summed E-state index contributed by atoms with van der Waals surface area (Å²) in [6.07, 6.45) is 0. The third-order valence-corrected chi connectivity index (χ3v) is 4.38. The van der Waals surface area contributed by atoms with Gasteiger partial charge in [-0.3, -0.25) is 14.2 Å². The van der Waals surface area contributed by atoms with Crippen molar-refractivity contribution in [3.8, 4) is 0 Å². The SMILES string of the molecule is CN(C)C(=O)CSc1nc2ccsc2c(=O)n1C. The Morgan fingerprint density at radius 2 is 2.28 bits per heavy atom. The molecule has 0 aliphatic heterocycles. The summed E-state index contributed by atoms with van der Waals surface area (Å²) in [5.41, 5.74) is 0.637. The van der Waals surface area contributed by atoms with Crippen molar-refractivity contribution >= 4 is 39.2 Å². The molecule has 2 aromatic rings. The molecule has 2 heterocycles. The number of rotatable bonds is 3. The first kappa shape index (κ1) is 13.1. The molecule has 5 nitrogen and oxygen atoms in total. The van der Waals surface area contributed by atoms with Gasteiger partial charge in [0.2, 0.25) is 5.91 Å². The molecule has 0 radical (unpaired) electrons. The van der Waals surface area contributed by atoms with E-state index in [1.54, 1.807) is 21.1 Å². The molecule has 7 heteroatoms. The number of aromatic nitrogens is 2. The molecule has 0 aromatic carbocycles. The number of fused-ring (bicyclic) bond motifs is 1. The molecule has 18 heavy (non-hydrogen) atoms. The Morgan fingerprint density at radius 3 is 2.94 bits per heavy atom. The summed E-state index contributed by atoms with van der Waals surface area (Å²) in [6, 6.07) is 1.82. The zero-order valence-corrected chi connectivity index (χ0v) is 12.0. The quantitative estimate of drug-likeness (QED) is 0.627. The van der Waals surface area contributed by atoms with Gasteiger partial charge in [-0.05, 0) is 11.4 Å². The van der Waals surface area contributed by atoms with E-state index in [0.717, 1.165) is 0 Å². The first-order valence-corrected chi connectivity index (χ1v) is 7.14. The largest absolute Gasteiger partial charge is 0.348 e. The van der Waals surface area contributed by atoms with Crippen LogP contribution in [0.25, 0.3) is 10.2 Å². The molecule has 0 saturated heterocycles. The van der Waals surface area contributed by atoms with Gasteiger partial charge in [-0.15, -0.1) is 11.3 Å². The summed E-state index contributed by atoms with van der Waals surface area (Å²) >= 11 is 2.67. The predicted molar refractivity (Wildman–Crippen MR) is 74.3 cm³/mol. The highest BCUT2D eigenvalue weighted by Crippen LogP contribution is 2.20. The summed E-state index contributed by atoms with van der Waals surface area (Å²) in [5, 5.41) is 2.42. The standard InChI is InChI=1S/C11H13N3O2S2/c1-13(2)8(15)6-18-11-12-7-4-5-17-9(7)10(16)14(11)3/h4-5H,6H2,1-3H3. The molecule has 0 aliphatic carbocycles. The van der Waals surface area contributed by atoms with E-state index in [0.29, 0.717) is 15.4 Å². The molecule has 0 atom stereocenters. The number of amides is 1. The molecular weight excluding hydrogens is 270 g/mol. The average molecular weight is 283 g/mol. The lowest BCUT2D eigenvalue weighted by molar-refractivity contribution is -0.125. The number of nitrogens with zero attached hydrogens (tertiary/aromatic N) is 3. The smallest absolute Gasteiger partial charge is 0.271 e. The maximum atomic E-state index is 12.0. The zero-order chi connectivity index (χ0) is 13.3. The number of carbonyl (C=O) groups is 1. The van der Waals surface area contributed by atoms with E-state index in [2.05, 4.69) is 4.98 Å². The first-order valence-electron chi connectivity index (χ1n) is 5.28. The van der Waals surface area contributed by atoms with E-state index in [-0.39, 0.29) is 17.2 Å². The summed E-state index contributed by atoms with van der Waals surface area (Å²) in [5.74, 6) is 0.280. The maximum absolute atomic E-state index is 12.0. The van der Waals surface area contributed by atoms with E-state index in [1.165, 1.54) is 32.6 Å². The van der Waals surface area contributed by atoms with Gasteiger partial charge in [-0.25, -0.2) is 4.98 Å². The Bertz CT molecular complexity index is 645. The molecule has 2 rings (SSSR count). The lowest BCUT2D eigenvalue weighted by Gasteiger charge is -2.10. The fourth-order valence-corrected chi connectivity index (χ4v) is 3.11. The molecule has 96 valence electrons. The van der Waals surface area contributed by atoms with Gasteiger partial charge in [-0.1, -0.05) is 11.8 Å². The minimum atomic E-state index is -0.0604. The van der Waals surface area contributed by atoms with Crippen LogP contribution in [-0.2, 0) is 11.8 Å². The van der Waals surface area contributed by atoms with Crippen molar-refractivity contribution < 1.29 is 4.79 Å². The molecule has 0 N–H and O–H groups in total. The van der Waals surface area contributed by atoms with Crippen molar-refractivity contribution in [2.75, 3.05) is 19.8 Å². The number of hydrogen-bond acceptors (Lipinski definition) is 5. The monoisotopic (exact) mass is 283 g/mol. The lowest BCUT2D eigenvalue weighted by Crippen LogP contribution is -2.24. The molecule has 0 unspecified atom stereocenters. The van der Waals surface area contributed by atoms with Crippen LogP contribution >= 0.6 is 23.1 Å². The lowest BCUT2D eigenvalue weighted by atomic mass is 10.5. The van der Waals surface area contributed by atoms with Gasteiger partial charge in [0.25, 0.3) is 5.56 Å². The normalized spacial score (nSPS) is 10.8. The van der Waals surface area contributed by atoms with Gasteiger partial charge in [0.05, 0.1) is 11.3 Å². The molecular formula is C11H13N3O2S2. The van der Waals surface area contributed by atoms with Crippen molar-refractivity contribution in [1.82, 2.24) is 14.5 Å². The topological polar surface area (TPSA) is 55.2 Å². The second-order valence-electron chi connectivity index (χ2n) is 3.97. The third-order valence-electron chi connectivity index (χ3n) is 2.47. The van der Waals surface area contributed by atoms with Crippen LogP contribution in [0, 0.1) is 0 Å².